The largest absolute Gasteiger partial charge is 0.391 e. The molecule has 0 saturated carbocycles. The van der Waals surface area contributed by atoms with Gasteiger partial charge in [-0.1, -0.05) is 11.8 Å². The number of alkyl halides is 1. The van der Waals surface area contributed by atoms with E-state index < -0.39 is 53.5 Å². The lowest BCUT2D eigenvalue weighted by Crippen LogP contribution is -2.54. The zero-order valence-electron chi connectivity index (χ0n) is 13.6. The fourth-order valence-electron chi connectivity index (χ4n) is 3.06. The van der Waals surface area contributed by atoms with E-state index in [1.165, 1.54) is 6.92 Å². The number of hydrogen-bond acceptors (Lipinski definition) is 7. The Morgan fingerprint density at radius 3 is 2.92 bits per heavy atom. The van der Waals surface area contributed by atoms with Crippen LogP contribution in [0.2, 0.25) is 0 Å². The minimum atomic E-state index is -1.90. The SMILES string of the molecule is C[C@@H](O)[C@H]1O[C@@H](n2cc(F)c3c(=O)[nH]c(N)nc32)[C@@](N)(C#CCF)C1O. The third-order valence-corrected chi connectivity index (χ3v) is 4.25. The molecule has 0 bridgehead atoms. The van der Waals surface area contributed by atoms with E-state index in [2.05, 4.69) is 21.8 Å². The van der Waals surface area contributed by atoms with Crippen LogP contribution in [0.4, 0.5) is 14.7 Å². The maximum absolute atomic E-state index is 14.3. The summed E-state index contributed by atoms with van der Waals surface area (Å²) in [5, 5.41) is 19.9. The molecular weight excluding hydrogens is 352 g/mol. The lowest BCUT2D eigenvalue weighted by Gasteiger charge is -2.28. The summed E-state index contributed by atoms with van der Waals surface area (Å²) in [6.45, 7) is 0.317. The Labute approximate surface area is 145 Å². The molecule has 3 rings (SSSR count). The Morgan fingerprint density at radius 1 is 1.62 bits per heavy atom. The van der Waals surface area contributed by atoms with Gasteiger partial charge in [-0.2, -0.15) is 4.98 Å². The normalized spacial score (nSPS) is 29.5. The second-order valence-corrected chi connectivity index (χ2v) is 6.04. The topological polar surface area (TPSA) is 152 Å². The second kappa shape index (κ2) is 6.33. The second-order valence-electron chi connectivity index (χ2n) is 6.04. The molecule has 2 aromatic rings. The van der Waals surface area contributed by atoms with Crippen LogP contribution < -0.4 is 17.0 Å². The van der Waals surface area contributed by atoms with Gasteiger partial charge in [-0.15, -0.1) is 0 Å². The molecule has 2 aromatic heterocycles. The number of nitrogen functional groups attached to an aromatic ring is 1. The zero-order chi connectivity index (χ0) is 19.2. The first-order chi connectivity index (χ1) is 12.2. The molecule has 1 fully saturated rings. The number of anilines is 1. The van der Waals surface area contributed by atoms with Crippen molar-refractivity contribution in [2.45, 2.75) is 37.0 Å². The van der Waals surface area contributed by atoms with Crippen molar-refractivity contribution in [2.75, 3.05) is 12.4 Å². The summed E-state index contributed by atoms with van der Waals surface area (Å²) in [5.74, 6) is 3.29. The van der Waals surface area contributed by atoms with E-state index in [9.17, 15) is 23.8 Å². The van der Waals surface area contributed by atoms with Crippen molar-refractivity contribution in [1.29, 1.82) is 0 Å². The van der Waals surface area contributed by atoms with Crippen molar-refractivity contribution in [3.8, 4) is 11.8 Å². The molecule has 0 aromatic carbocycles. The number of aliphatic hydroxyl groups is 2. The van der Waals surface area contributed by atoms with Gasteiger partial charge in [0.25, 0.3) is 5.56 Å². The van der Waals surface area contributed by atoms with Gasteiger partial charge < -0.3 is 26.4 Å². The number of hydrogen-bond donors (Lipinski definition) is 5. The van der Waals surface area contributed by atoms with Crippen LogP contribution in [0.15, 0.2) is 11.0 Å². The van der Waals surface area contributed by atoms with E-state index in [4.69, 9.17) is 16.2 Å². The van der Waals surface area contributed by atoms with E-state index >= 15 is 0 Å². The molecule has 0 amide bonds. The molecule has 5 atom stereocenters. The van der Waals surface area contributed by atoms with Crippen molar-refractivity contribution in [3.05, 3.63) is 22.4 Å². The van der Waals surface area contributed by atoms with Gasteiger partial charge in [0.2, 0.25) is 5.95 Å². The van der Waals surface area contributed by atoms with Gasteiger partial charge >= 0.3 is 0 Å². The lowest BCUT2D eigenvalue weighted by molar-refractivity contribution is -0.0756. The van der Waals surface area contributed by atoms with Crippen molar-refractivity contribution < 1.29 is 23.7 Å². The highest BCUT2D eigenvalue weighted by molar-refractivity contribution is 5.77. The highest BCUT2D eigenvalue weighted by Crippen LogP contribution is 2.39. The number of rotatable bonds is 2. The summed E-state index contributed by atoms with van der Waals surface area (Å²) >= 11 is 0. The summed E-state index contributed by atoms with van der Waals surface area (Å²) in [7, 11) is 0. The summed E-state index contributed by atoms with van der Waals surface area (Å²) in [5.41, 5.74) is 8.76. The van der Waals surface area contributed by atoms with Gasteiger partial charge in [0.05, 0.1) is 6.10 Å². The number of ether oxygens (including phenoxy) is 1. The summed E-state index contributed by atoms with van der Waals surface area (Å²) in [6, 6.07) is 0. The Balaban J connectivity index is 2.24. The third kappa shape index (κ3) is 2.63. The van der Waals surface area contributed by atoms with Crippen LogP contribution >= 0.6 is 0 Å². The Hall–Kier alpha value is -2.52. The smallest absolute Gasteiger partial charge is 0.264 e. The van der Waals surface area contributed by atoms with Crippen LogP contribution in [-0.2, 0) is 4.74 Å². The van der Waals surface area contributed by atoms with Crippen LogP contribution in [0.5, 0.6) is 0 Å². The molecule has 0 aliphatic carbocycles. The van der Waals surface area contributed by atoms with Crippen molar-refractivity contribution >= 4 is 17.0 Å². The van der Waals surface area contributed by atoms with Crippen LogP contribution in [0.25, 0.3) is 11.0 Å². The fourth-order valence-corrected chi connectivity index (χ4v) is 3.06. The molecule has 1 saturated heterocycles. The minimum absolute atomic E-state index is 0.191. The average Bonchev–Trinajstić information content (AvgIpc) is 3.01. The maximum atomic E-state index is 14.3. The number of aromatic nitrogens is 3. The van der Waals surface area contributed by atoms with Crippen LogP contribution in [0.1, 0.15) is 13.2 Å². The van der Waals surface area contributed by atoms with Crippen LogP contribution in [0, 0.1) is 17.7 Å². The van der Waals surface area contributed by atoms with Gasteiger partial charge in [0, 0.05) is 6.20 Å². The molecule has 0 spiro atoms. The molecule has 1 aliphatic heterocycles. The number of nitrogens with two attached hydrogens (primary N) is 2. The molecule has 7 N–H and O–H groups in total. The monoisotopic (exact) mass is 369 g/mol. The lowest BCUT2D eigenvalue weighted by atomic mass is 9.90. The van der Waals surface area contributed by atoms with E-state index in [0.29, 0.717) is 0 Å². The summed E-state index contributed by atoms with van der Waals surface area (Å²) in [6.07, 6.45) is -4.33. The number of halogens is 2. The van der Waals surface area contributed by atoms with Gasteiger partial charge in [-0.3, -0.25) is 14.3 Å². The Bertz CT molecular complexity index is 963. The molecule has 11 heteroatoms. The molecular formula is C15H17F2N5O4. The summed E-state index contributed by atoms with van der Waals surface area (Å²) < 4.78 is 33.5. The molecule has 9 nitrogen and oxygen atoms in total. The van der Waals surface area contributed by atoms with Gasteiger partial charge in [-0.25, -0.2) is 8.78 Å². The van der Waals surface area contributed by atoms with E-state index in [1.54, 1.807) is 0 Å². The molecule has 1 aliphatic rings. The predicted octanol–water partition coefficient (Wildman–Crippen LogP) is -1.24. The van der Waals surface area contributed by atoms with Gasteiger partial charge in [0.1, 0.15) is 24.3 Å². The number of nitrogens with zero attached hydrogens (tertiary/aromatic N) is 2. The molecule has 0 radical (unpaired) electrons. The van der Waals surface area contributed by atoms with Crippen LogP contribution in [0.3, 0.4) is 0 Å². The van der Waals surface area contributed by atoms with Crippen molar-refractivity contribution in [1.82, 2.24) is 14.5 Å². The number of aliphatic hydroxyl groups excluding tert-OH is 2. The molecule has 1 unspecified atom stereocenters. The predicted molar refractivity (Wildman–Crippen MR) is 87.0 cm³/mol. The first-order valence-corrected chi connectivity index (χ1v) is 7.63. The van der Waals surface area contributed by atoms with Gasteiger partial charge in [0.15, 0.2) is 23.2 Å². The highest BCUT2D eigenvalue weighted by Gasteiger charge is 2.56. The first-order valence-electron chi connectivity index (χ1n) is 7.63. The molecule has 3 heterocycles. The summed E-state index contributed by atoms with van der Waals surface area (Å²) in [4.78, 5) is 18.0. The average molecular weight is 369 g/mol. The highest BCUT2D eigenvalue weighted by atomic mass is 19.1. The van der Waals surface area contributed by atoms with Gasteiger partial charge in [-0.05, 0) is 6.92 Å². The fraction of sp³-hybridized carbons (Fsp3) is 0.467. The standard InChI is InChI=1S/C15H17F2N5O4/c1-6(23)9-10(24)15(19,3-2-4-16)13(26-9)22-5-7(17)8-11(22)20-14(18)21-12(8)25/h5-6,9-10,13,23-24H,4,19H2,1H3,(H3,18,20,21,25)/t6-,9-,10?,13-,15-/m1/s1. The van der Waals surface area contributed by atoms with Crippen LogP contribution in [-0.4, -0.2) is 55.3 Å². The minimum Gasteiger partial charge on any atom is -0.391 e. The third-order valence-electron chi connectivity index (χ3n) is 4.25. The van der Waals surface area contributed by atoms with E-state index in [-0.39, 0.29) is 11.6 Å². The number of fused-ring (bicyclic) bond motifs is 1. The number of H-pyrrole nitrogens is 1. The zero-order valence-corrected chi connectivity index (χ0v) is 13.6. The van der Waals surface area contributed by atoms with Crippen molar-refractivity contribution in [3.63, 3.8) is 0 Å². The molecule has 26 heavy (non-hydrogen) atoms. The maximum Gasteiger partial charge on any atom is 0.264 e. The Morgan fingerprint density at radius 2 is 2.31 bits per heavy atom. The Kier molecular flexibility index (Phi) is 4.45. The molecule has 140 valence electrons. The number of aromatic amines is 1. The van der Waals surface area contributed by atoms with E-state index in [1.807, 2.05) is 0 Å². The quantitative estimate of drug-likeness (QED) is 0.415. The first kappa shape index (κ1) is 18.3. The van der Waals surface area contributed by atoms with Crippen molar-refractivity contribution in [2.24, 2.45) is 5.73 Å². The van der Waals surface area contributed by atoms with E-state index in [0.717, 1.165) is 10.8 Å². The number of nitrogens with one attached hydrogen (secondary N) is 1.